The number of hydrogen-bond donors (Lipinski definition) is 1. The van der Waals surface area contributed by atoms with Gasteiger partial charge in [-0.2, -0.15) is 0 Å². The van der Waals surface area contributed by atoms with E-state index in [-0.39, 0.29) is 0 Å². The topological polar surface area (TPSA) is 37.8 Å². The molecule has 1 N–H and O–H groups in total. The highest BCUT2D eigenvalue weighted by molar-refractivity contribution is 7.13. The van der Waals surface area contributed by atoms with Crippen LogP contribution in [0.15, 0.2) is 5.51 Å². The van der Waals surface area contributed by atoms with Crippen molar-refractivity contribution < 1.29 is 0 Å². The van der Waals surface area contributed by atoms with Crippen LogP contribution in [0.4, 0.5) is 5.13 Å². The fraction of sp³-hybridized carbons (Fsp3) is 0.833. The van der Waals surface area contributed by atoms with Crippen molar-refractivity contribution in [2.75, 3.05) is 5.32 Å². The maximum Gasteiger partial charge on any atom is 0.205 e. The average Bonchev–Trinajstić information content (AvgIpc) is 2.70. The first-order valence-corrected chi connectivity index (χ1v) is 7.14. The zero-order valence-corrected chi connectivity index (χ0v) is 11.0. The van der Waals surface area contributed by atoms with Crippen LogP contribution in [-0.2, 0) is 0 Å². The lowest BCUT2D eigenvalue weighted by molar-refractivity contribution is 0.289. The molecule has 0 aromatic carbocycles. The molecular formula is C12H21N3S. The molecule has 0 spiro atoms. The predicted octanol–water partition coefficient (Wildman–Crippen LogP) is 3.55. The van der Waals surface area contributed by atoms with Gasteiger partial charge >= 0.3 is 0 Å². The summed E-state index contributed by atoms with van der Waals surface area (Å²) in [6.45, 7) is 4.64. The maximum absolute atomic E-state index is 4.05. The summed E-state index contributed by atoms with van der Waals surface area (Å²) in [5.41, 5.74) is 1.79. The fourth-order valence-corrected chi connectivity index (χ4v) is 3.24. The van der Waals surface area contributed by atoms with Gasteiger partial charge in [-0.15, -0.1) is 10.2 Å². The number of aromatic nitrogens is 2. The molecule has 90 valence electrons. The van der Waals surface area contributed by atoms with Gasteiger partial charge in [0.25, 0.3) is 0 Å². The molecule has 1 saturated carbocycles. The third-order valence-corrected chi connectivity index (χ3v) is 3.90. The minimum atomic E-state index is 0.616. The molecule has 4 heteroatoms. The lowest BCUT2D eigenvalue weighted by atomic mass is 9.81. The molecule has 0 saturated heterocycles. The highest BCUT2D eigenvalue weighted by atomic mass is 32.1. The van der Waals surface area contributed by atoms with Crippen LogP contribution in [0.3, 0.4) is 0 Å². The smallest absolute Gasteiger partial charge is 0.205 e. The normalized spacial score (nSPS) is 25.9. The summed E-state index contributed by atoms with van der Waals surface area (Å²) in [5.74, 6) is 1.73. The summed E-state index contributed by atoms with van der Waals surface area (Å²) in [5, 5.41) is 12.4. The Bertz CT molecular complexity index is 297. The third-order valence-electron chi connectivity index (χ3n) is 3.28. The Morgan fingerprint density at radius 3 is 3.06 bits per heavy atom. The first-order valence-electron chi connectivity index (χ1n) is 6.26. The Hall–Kier alpha value is -0.640. The Balaban J connectivity index is 1.82. The molecule has 2 atom stereocenters. The molecule has 3 nitrogen and oxygen atoms in total. The second-order valence-corrected chi connectivity index (χ2v) is 6.08. The fourth-order valence-electron chi connectivity index (χ4n) is 2.71. The molecule has 1 aromatic rings. The van der Waals surface area contributed by atoms with E-state index in [1.165, 1.54) is 32.1 Å². The van der Waals surface area contributed by atoms with Crippen molar-refractivity contribution in [2.45, 2.75) is 52.0 Å². The lowest BCUT2D eigenvalue weighted by Gasteiger charge is -2.30. The largest absolute Gasteiger partial charge is 0.357 e. The van der Waals surface area contributed by atoms with E-state index in [0.717, 1.165) is 17.0 Å². The van der Waals surface area contributed by atoms with Crippen molar-refractivity contribution in [3.8, 4) is 0 Å². The molecule has 2 unspecified atom stereocenters. The number of rotatable bonds is 4. The second kappa shape index (κ2) is 5.62. The monoisotopic (exact) mass is 239 g/mol. The molecule has 0 aliphatic heterocycles. The standard InChI is InChI=1S/C12H21N3S/c1-9(2)6-10-4-3-5-11(7-10)14-12-15-13-8-16-12/h8-11H,3-7H2,1-2H3,(H,14,15). The van der Waals surface area contributed by atoms with Crippen LogP contribution >= 0.6 is 11.3 Å². The van der Waals surface area contributed by atoms with Crippen LogP contribution in [0.25, 0.3) is 0 Å². The Kier molecular flexibility index (Phi) is 4.16. The Morgan fingerprint density at radius 2 is 2.38 bits per heavy atom. The molecule has 2 rings (SSSR count). The van der Waals surface area contributed by atoms with Crippen LogP contribution < -0.4 is 5.32 Å². The lowest BCUT2D eigenvalue weighted by Crippen LogP contribution is -2.27. The first kappa shape index (κ1) is 11.8. The van der Waals surface area contributed by atoms with Gasteiger partial charge in [-0.1, -0.05) is 38.0 Å². The van der Waals surface area contributed by atoms with Crippen LogP contribution in [0.2, 0.25) is 0 Å². The molecule has 1 fully saturated rings. The van der Waals surface area contributed by atoms with Gasteiger partial charge in [0.15, 0.2) is 0 Å². The number of hydrogen-bond acceptors (Lipinski definition) is 4. The maximum atomic E-state index is 4.05. The average molecular weight is 239 g/mol. The summed E-state index contributed by atoms with van der Waals surface area (Å²) in [6, 6.07) is 0.616. The number of nitrogens with one attached hydrogen (secondary N) is 1. The third kappa shape index (κ3) is 3.44. The quantitative estimate of drug-likeness (QED) is 0.873. The zero-order valence-electron chi connectivity index (χ0n) is 10.1. The van der Waals surface area contributed by atoms with Crippen LogP contribution in [0.1, 0.15) is 46.0 Å². The van der Waals surface area contributed by atoms with E-state index >= 15 is 0 Å². The summed E-state index contributed by atoms with van der Waals surface area (Å²) >= 11 is 1.60. The van der Waals surface area contributed by atoms with Gasteiger partial charge < -0.3 is 5.32 Å². The number of anilines is 1. The highest BCUT2D eigenvalue weighted by Gasteiger charge is 2.22. The number of nitrogens with zero attached hydrogens (tertiary/aromatic N) is 2. The van der Waals surface area contributed by atoms with Gasteiger partial charge in [-0.05, 0) is 31.1 Å². The van der Waals surface area contributed by atoms with Crippen molar-refractivity contribution in [2.24, 2.45) is 11.8 Å². The molecule has 0 radical (unpaired) electrons. The highest BCUT2D eigenvalue weighted by Crippen LogP contribution is 2.31. The van der Waals surface area contributed by atoms with E-state index in [0.29, 0.717) is 6.04 Å². The van der Waals surface area contributed by atoms with Gasteiger partial charge in [-0.3, -0.25) is 0 Å². The molecule has 0 amide bonds. The molecule has 0 bridgehead atoms. The van der Waals surface area contributed by atoms with E-state index in [1.807, 2.05) is 0 Å². The molecule has 1 heterocycles. The van der Waals surface area contributed by atoms with Gasteiger partial charge in [0.1, 0.15) is 5.51 Å². The Morgan fingerprint density at radius 1 is 1.50 bits per heavy atom. The summed E-state index contributed by atoms with van der Waals surface area (Å²) in [7, 11) is 0. The van der Waals surface area contributed by atoms with Gasteiger partial charge in [0.05, 0.1) is 0 Å². The van der Waals surface area contributed by atoms with E-state index in [1.54, 1.807) is 16.8 Å². The molecule has 1 aromatic heterocycles. The van der Waals surface area contributed by atoms with Gasteiger partial charge in [0, 0.05) is 6.04 Å². The summed E-state index contributed by atoms with van der Waals surface area (Å²) in [6.07, 6.45) is 6.72. The SMILES string of the molecule is CC(C)CC1CCCC(Nc2nncs2)C1. The van der Waals surface area contributed by atoms with Crippen molar-refractivity contribution in [3.63, 3.8) is 0 Å². The summed E-state index contributed by atoms with van der Waals surface area (Å²) in [4.78, 5) is 0. The van der Waals surface area contributed by atoms with Gasteiger partial charge in [0.2, 0.25) is 5.13 Å². The van der Waals surface area contributed by atoms with Crippen molar-refractivity contribution >= 4 is 16.5 Å². The zero-order chi connectivity index (χ0) is 11.4. The Labute approximate surface area is 102 Å². The molecule has 1 aliphatic rings. The molecule has 16 heavy (non-hydrogen) atoms. The van der Waals surface area contributed by atoms with E-state index in [4.69, 9.17) is 0 Å². The van der Waals surface area contributed by atoms with Crippen LogP contribution in [0.5, 0.6) is 0 Å². The van der Waals surface area contributed by atoms with Crippen molar-refractivity contribution in [1.82, 2.24) is 10.2 Å². The summed E-state index contributed by atoms with van der Waals surface area (Å²) < 4.78 is 0. The second-order valence-electron chi connectivity index (χ2n) is 5.25. The minimum absolute atomic E-state index is 0.616. The predicted molar refractivity (Wildman–Crippen MR) is 68.7 cm³/mol. The van der Waals surface area contributed by atoms with Crippen molar-refractivity contribution in [3.05, 3.63) is 5.51 Å². The van der Waals surface area contributed by atoms with Gasteiger partial charge in [-0.25, -0.2) is 0 Å². The first-order chi connectivity index (χ1) is 7.74. The van der Waals surface area contributed by atoms with E-state index < -0.39 is 0 Å². The molecular weight excluding hydrogens is 218 g/mol. The van der Waals surface area contributed by atoms with Crippen LogP contribution in [0, 0.1) is 11.8 Å². The van der Waals surface area contributed by atoms with E-state index in [2.05, 4.69) is 29.4 Å². The van der Waals surface area contributed by atoms with Crippen molar-refractivity contribution in [1.29, 1.82) is 0 Å². The van der Waals surface area contributed by atoms with E-state index in [9.17, 15) is 0 Å². The molecule has 1 aliphatic carbocycles. The minimum Gasteiger partial charge on any atom is -0.357 e. The van der Waals surface area contributed by atoms with Crippen LogP contribution in [-0.4, -0.2) is 16.2 Å².